The van der Waals surface area contributed by atoms with E-state index in [1.165, 1.54) is 19.3 Å². The maximum atomic E-state index is 12.5. The molecule has 21 heavy (non-hydrogen) atoms. The molecule has 0 aliphatic heterocycles. The van der Waals surface area contributed by atoms with Gasteiger partial charge in [0.15, 0.2) is 0 Å². The quantitative estimate of drug-likeness (QED) is 0.926. The van der Waals surface area contributed by atoms with E-state index in [4.69, 9.17) is 11.6 Å². The zero-order valence-electron chi connectivity index (χ0n) is 11.5. The third-order valence-corrected chi connectivity index (χ3v) is 6.05. The lowest BCUT2D eigenvalue weighted by Gasteiger charge is -2.10. The Balaban J connectivity index is 1.37. The second-order valence-corrected chi connectivity index (χ2v) is 7.12. The number of hydrogen-bond acceptors (Lipinski definition) is 2. The molecule has 3 aliphatic carbocycles. The largest absolute Gasteiger partial charge is 0.325 e. The number of carbonyl (C=O) groups excluding carboxylic acids is 1. The summed E-state index contributed by atoms with van der Waals surface area (Å²) in [5, 5.41) is 3.62. The van der Waals surface area contributed by atoms with Crippen molar-refractivity contribution in [3.63, 3.8) is 0 Å². The molecule has 0 aromatic carbocycles. The molecule has 2 bridgehead atoms. The van der Waals surface area contributed by atoms with Crippen molar-refractivity contribution in [1.29, 1.82) is 0 Å². The van der Waals surface area contributed by atoms with Gasteiger partial charge in [0.2, 0.25) is 5.91 Å². The average molecular weight is 302 g/mol. The van der Waals surface area contributed by atoms with Gasteiger partial charge in [0.25, 0.3) is 0 Å². The first-order valence-corrected chi connectivity index (χ1v) is 8.03. The maximum absolute atomic E-state index is 12.5. The molecule has 2 heterocycles. The Morgan fingerprint density at radius 3 is 2.81 bits per heavy atom. The van der Waals surface area contributed by atoms with Crippen molar-refractivity contribution >= 4 is 28.8 Å². The summed E-state index contributed by atoms with van der Waals surface area (Å²) in [6.07, 6.45) is 7.51. The van der Waals surface area contributed by atoms with Crippen molar-refractivity contribution in [1.82, 2.24) is 9.38 Å². The van der Waals surface area contributed by atoms with E-state index in [-0.39, 0.29) is 11.8 Å². The van der Waals surface area contributed by atoms with Gasteiger partial charge >= 0.3 is 0 Å². The number of nitrogens with zero attached hydrogens (tertiary/aromatic N) is 2. The van der Waals surface area contributed by atoms with Crippen LogP contribution in [0.4, 0.5) is 5.69 Å². The molecule has 3 aliphatic rings. The molecular formula is C16H16ClN3O. The summed E-state index contributed by atoms with van der Waals surface area (Å²) in [6, 6.07) is 3.77. The van der Waals surface area contributed by atoms with Crippen molar-refractivity contribution in [2.45, 2.75) is 19.3 Å². The van der Waals surface area contributed by atoms with Crippen molar-refractivity contribution in [3.8, 4) is 0 Å². The molecule has 4 nitrogen and oxygen atoms in total. The zero-order chi connectivity index (χ0) is 14.1. The second kappa shape index (κ2) is 4.01. The van der Waals surface area contributed by atoms with Crippen LogP contribution in [-0.2, 0) is 4.79 Å². The number of carbonyl (C=O) groups is 1. The zero-order valence-corrected chi connectivity index (χ0v) is 12.3. The standard InChI is InChI=1S/C16H16ClN3O/c17-11-6-18-12-4-3-10(7-20(11)12)19-16(21)15-13-8-1-2-9(5-8)14(13)15/h3-4,6-9,13-15H,1-2,5H2,(H,19,21). The minimum absolute atomic E-state index is 0.192. The predicted molar refractivity (Wildman–Crippen MR) is 80.1 cm³/mol. The van der Waals surface area contributed by atoms with Crippen molar-refractivity contribution < 1.29 is 4.79 Å². The van der Waals surface area contributed by atoms with E-state index < -0.39 is 0 Å². The van der Waals surface area contributed by atoms with E-state index in [0.717, 1.165) is 23.2 Å². The number of aromatic nitrogens is 2. The minimum atomic E-state index is 0.192. The van der Waals surface area contributed by atoms with Crippen LogP contribution < -0.4 is 5.32 Å². The highest BCUT2D eigenvalue weighted by atomic mass is 35.5. The van der Waals surface area contributed by atoms with Gasteiger partial charge in [-0.1, -0.05) is 11.6 Å². The predicted octanol–water partition coefficient (Wildman–Crippen LogP) is 3.22. The molecule has 5 rings (SSSR count). The van der Waals surface area contributed by atoms with Crippen LogP contribution in [0.15, 0.2) is 24.5 Å². The highest BCUT2D eigenvalue weighted by molar-refractivity contribution is 6.29. The number of amides is 1. The molecule has 3 saturated carbocycles. The first kappa shape index (κ1) is 12.0. The summed E-state index contributed by atoms with van der Waals surface area (Å²) in [4.78, 5) is 16.7. The van der Waals surface area contributed by atoms with E-state index >= 15 is 0 Å². The third-order valence-electron chi connectivity index (χ3n) is 5.77. The van der Waals surface area contributed by atoms with Crippen LogP contribution in [0.1, 0.15) is 19.3 Å². The Morgan fingerprint density at radius 2 is 2.05 bits per heavy atom. The number of imidazole rings is 1. The van der Waals surface area contributed by atoms with Gasteiger partial charge in [-0.05, 0) is 55.1 Å². The lowest BCUT2D eigenvalue weighted by molar-refractivity contribution is -0.118. The number of pyridine rings is 1. The number of nitrogens with one attached hydrogen (secondary N) is 1. The first-order valence-electron chi connectivity index (χ1n) is 7.66. The van der Waals surface area contributed by atoms with Gasteiger partial charge in [0.1, 0.15) is 10.8 Å². The second-order valence-electron chi connectivity index (χ2n) is 6.73. The maximum Gasteiger partial charge on any atom is 0.228 e. The number of rotatable bonds is 2. The average Bonchev–Trinajstić information content (AvgIpc) is 2.78. The molecule has 108 valence electrons. The summed E-state index contributed by atoms with van der Waals surface area (Å²) in [7, 11) is 0. The molecule has 0 saturated heterocycles. The molecule has 3 fully saturated rings. The Bertz CT molecular complexity index is 739. The van der Waals surface area contributed by atoms with Gasteiger partial charge in [-0.15, -0.1) is 0 Å². The Hall–Kier alpha value is -1.55. The molecular weight excluding hydrogens is 286 g/mol. The Labute approximate surface area is 127 Å². The SMILES string of the molecule is O=C(Nc1ccc2ncc(Cl)n2c1)C1C2C3CCC(C3)C12. The van der Waals surface area contributed by atoms with E-state index in [1.807, 2.05) is 18.3 Å². The Kier molecular flexibility index (Phi) is 2.30. The van der Waals surface area contributed by atoms with E-state index in [0.29, 0.717) is 17.0 Å². The fraction of sp³-hybridized carbons (Fsp3) is 0.500. The van der Waals surface area contributed by atoms with Crippen LogP contribution in [0.2, 0.25) is 5.15 Å². The number of fused-ring (bicyclic) bond motifs is 6. The summed E-state index contributed by atoms with van der Waals surface area (Å²) >= 11 is 6.07. The van der Waals surface area contributed by atoms with E-state index in [9.17, 15) is 4.79 Å². The van der Waals surface area contributed by atoms with Crippen molar-refractivity contribution in [2.75, 3.05) is 5.32 Å². The Morgan fingerprint density at radius 1 is 1.29 bits per heavy atom. The normalized spacial score (nSPS) is 36.0. The molecule has 0 spiro atoms. The number of anilines is 1. The topological polar surface area (TPSA) is 46.4 Å². The molecule has 1 amide bonds. The molecule has 2 aromatic rings. The van der Waals surface area contributed by atoms with Crippen LogP contribution >= 0.6 is 11.6 Å². The highest BCUT2D eigenvalue weighted by Gasteiger charge is 2.67. The van der Waals surface area contributed by atoms with Crippen LogP contribution in [0, 0.1) is 29.6 Å². The van der Waals surface area contributed by atoms with Crippen LogP contribution in [0.5, 0.6) is 0 Å². The van der Waals surface area contributed by atoms with Gasteiger partial charge in [0.05, 0.1) is 11.9 Å². The van der Waals surface area contributed by atoms with Crippen LogP contribution in [0.25, 0.3) is 5.65 Å². The lowest BCUT2D eigenvalue weighted by atomic mass is 10.0. The van der Waals surface area contributed by atoms with Crippen molar-refractivity contribution in [3.05, 3.63) is 29.7 Å². The smallest absolute Gasteiger partial charge is 0.228 e. The van der Waals surface area contributed by atoms with E-state index in [1.54, 1.807) is 10.6 Å². The lowest BCUT2D eigenvalue weighted by Crippen LogP contribution is -2.18. The highest BCUT2D eigenvalue weighted by Crippen LogP contribution is 2.69. The van der Waals surface area contributed by atoms with Gasteiger partial charge in [0, 0.05) is 12.1 Å². The third kappa shape index (κ3) is 1.62. The summed E-state index contributed by atoms with van der Waals surface area (Å²) < 4.78 is 1.79. The van der Waals surface area contributed by atoms with Gasteiger partial charge in [-0.3, -0.25) is 9.20 Å². The minimum Gasteiger partial charge on any atom is -0.325 e. The number of halogens is 1. The van der Waals surface area contributed by atoms with Crippen LogP contribution in [-0.4, -0.2) is 15.3 Å². The van der Waals surface area contributed by atoms with Gasteiger partial charge in [-0.2, -0.15) is 0 Å². The summed E-state index contributed by atoms with van der Waals surface area (Å²) in [6.45, 7) is 0. The molecule has 5 heteroatoms. The first-order chi connectivity index (χ1) is 10.2. The van der Waals surface area contributed by atoms with Crippen molar-refractivity contribution in [2.24, 2.45) is 29.6 Å². The van der Waals surface area contributed by atoms with Gasteiger partial charge in [-0.25, -0.2) is 4.98 Å². The van der Waals surface area contributed by atoms with E-state index in [2.05, 4.69) is 10.3 Å². The molecule has 2 aromatic heterocycles. The number of hydrogen-bond donors (Lipinski definition) is 1. The van der Waals surface area contributed by atoms with Gasteiger partial charge < -0.3 is 5.32 Å². The molecule has 4 atom stereocenters. The van der Waals surface area contributed by atoms with Crippen LogP contribution in [0.3, 0.4) is 0 Å². The summed E-state index contributed by atoms with van der Waals surface area (Å²) in [5.74, 6) is 3.43. The summed E-state index contributed by atoms with van der Waals surface area (Å²) in [5.41, 5.74) is 1.59. The molecule has 4 unspecified atom stereocenters. The monoisotopic (exact) mass is 301 g/mol. The fourth-order valence-corrected chi connectivity index (χ4v) is 5.11. The molecule has 0 radical (unpaired) electrons. The fourth-order valence-electron chi connectivity index (χ4n) is 4.93. The molecule has 1 N–H and O–H groups in total.